The molecule has 0 amide bonds. The Kier molecular flexibility index (Phi) is 5.62. The third-order valence-electron chi connectivity index (χ3n) is 5.48. The van der Waals surface area contributed by atoms with E-state index in [1.54, 1.807) is 15.1 Å². The first-order valence-electron chi connectivity index (χ1n) is 9.19. The van der Waals surface area contributed by atoms with E-state index in [4.69, 9.17) is 0 Å². The van der Waals surface area contributed by atoms with Crippen LogP contribution in [0.3, 0.4) is 0 Å². The smallest absolute Gasteiger partial charge is 0.262 e. The molecule has 0 bridgehead atoms. The second-order valence-corrected chi connectivity index (χ2v) is 9.18. The Morgan fingerprint density at radius 1 is 1.08 bits per heavy atom. The SMILES string of the molecule is Cc1nc(S(=O)(=O)N2CCC(CN3CCCCCC3)CC2)cn1C. The van der Waals surface area contributed by atoms with Crippen molar-refractivity contribution >= 4 is 10.0 Å². The van der Waals surface area contributed by atoms with Gasteiger partial charge in [-0.05, 0) is 51.6 Å². The maximum Gasteiger partial charge on any atom is 0.262 e. The molecule has 2 aliphatic rings. The highest BCUT2D eigenvalue weighted by Gasteiger charge is 2.31. The number of aryl methyl sites for hydroxylation is 2. The summed E-state index contributed by atoms with van der Waals surface area (Å²) in [5.74, 6) is 1.35. The van der Waals surface area contributed by atoms with Crippen LogP contribution < -0.4 is 0 Å². The Morgan fingerprint density at radius 2 is 1.71 bits per heavy atom. The van der Waals surface area contributed by atoms with Crippen LogP contribution in [0, 0.1) is 12.8 Å². The third kappa shape index (κ3) is 4.00. The molecule has 0 spiro atoms. The van der Waals surface area contributed by atoms with Crippen molar-refractivity contribution in [3.05, 3.63) is 12.0 Å². The summed E-state index contributed by atoms with van der Waals surface area (Å²) in [5, 5.41) is 0.188. The minimum Gasteiger partial charge on any atom is -0.337 e. The van der Waals surface area contributed by atoms with E-state index >= 15 is 0 Å². The van der Waals surface area contributed by atoms with Crippen molar-refractivity contribution in [3.63, 3.8) is 0 Å². The van der Waals surface area contributed by atoms with Crippen LogP contribution in [0.1, 0.15) is 44.3 Å². The number of imidazole rings is 1. The Bertz CT molecular complexity index is 620. The summed E-state index contributed by atoms with van der Waals surface area (Å²) < 4.78 is 28.9. The average molecular weight is 355 g/mol. The van der Waals surface area contributed by atoms with Crippen LogP contribution in [-0.4, -0.2) is 59.9 Å². The summed E-state index contributed by atoms with van der Waals surface area (Å²) in [6.07, 6.45) is 8.88. The number of hydrogen-bond acceptors (Lipinski definition) is 4. The van der Waals surface area contributed by atoms with Crippen molar-refractivity contribution in [2.45, 2.75) is 50.5 Å². The molecule has 0 N–H and O–H groups in total. The van der Waals surface area contributed by atoms with E-state index in [2.05, 4.69) is 9.88 Å². The van der Waals surface area contributed by atoms with E-state index in [1.165, 1.54) is 38.8 Å². The minimum atomic E-state index is -3.44. The van der Waals surface area contributed by atoms with Crippen LogP contribution >= 0.6 is 0 Å². The highest BCUT2D eigenvalue weighted by molar-refractivity contribution is 7.89. The molecule has 0 aromatic carbocycles. The highest BCUT2D eigenvalue weighted by Crippen LogP contribution is 2.25. The summed E-state index contributed by atoms with van der Waals surface area (Å²) in [6, 6.07) is 0. The van der Waals surface area contributed by atoms with E-state index in [0.717, 1.165) is 25.2 Å². The molecule has 136 valence electrons. The normalized spacial score (nSPS) is 22.6. The van der Waals surface area contributed by atoms with Crippen LogP contribution in [0.4, 0.5) is 0 Å². The fourth-order valence-corrected chi connectivity index (χ4v) is 5.29. The van der Waals surface area contributed by atoms with Crippen molar-refractivity contribution in [1.29, 1.82) is 0 Å². The summed E-state index contributed by atoms with van der Waals surface area (Å²) in [5.41, 5.74) is 0. The van der Waals surface area contributed by atoms with Gasteiger partial charge in [-0.3, -0.25) is 0 Å². The zero-order valence-electron chi connectivity index (χ0n) is 14.9. The quantitative estimate of drug-likeness (QED) is 0.830. The molecule has 2 aliphatic heterocycles. The largest absolute Gasteiger partial charge is 0.337 e. The van der Waals surface area contributed by atoms with Gasteiger partial charge < -0.3 is 9.47 Å². The van der Waals surface area contributed by atoms with Crippen molar-refractivity contribution in [3.8, 4) is 0 Å². The molecule has 2 saturated heterocycles. The van der Waals surface area contributed by atoms with Gasteiger partial charge in [0.2, 0.25) is 0 Å². The number of hydrogen-bond donors (Lipinski definition) is 0. The van der Waals surface area contributed by atoms with Crippen LogP contribution in [0.15, 0.2) is 11.2 Å². The van der Waals surface area contributed by atoms with Crippen LogP contribution in [0.25, 0.3) is 0 Å². The molecule has 1 aromatic rings. The maximum absolute atomic E-state index is 12.7. The first kappa shape index (κ1) is 17.9. The predicted octanol–water partition coefficient (Wildman–Crippen LogP) is 2.01. The van der Waals surface area contributed by atoms with Gasteiger partial charge in [-0.1, -0.05) is 12.8 Å². The summed E-state index contributed by atoms with van der Waals surface area (Å²) in [4.78, 5) is 6.79. The lowest BCUT2D eigenvalue weighted by atomic mass is 9.97. The lowest BCUT2D eigenvalue weighted by Crippen LogP contribution is -2.41. The zero-order valence-corrected chi connectivity index (χ0v) is 15.8. The molecule has 1 aromatic heterocycles. The molecule has 3 heterocycles. The van der Waals surface area contributed by atoms with Crippen LogP contribution in [0.2, 0.25) is 0 Å². The molecule has 7 heteroatoms. The van der Waals surface area contributed by atoms with Crippen LogP contribution in [-0.2, 0) is 17.1 Å². The van der Waals surface area contributed by atoms with Crippen molar-refractivity contribution < 1.29 is 8.42 Å². The average Bonchev–Trinajstić information content (AvgIpc) is 2.76. The van der Waals surface area contributed by atoms with Gasteiger partial charge in [-0.25, -0.2) is 13.4 Å². The highest BCUT2D eigenvalue weighted by atomic mass is 32.2. The van der Waals surface area contributed by atoms with E-state index in [0.29, 0.717) is 19.0 Å². The molecular weight excluding hydrogens is 324 g/mol. The molecule has 0 unspecified atom stereocenters. The number of nitrogens with zero attached hydrogens (tertiary/aromatic N) is 4. The van der Waals surface area contributed by atoms with Gasteiger partial charge in [0.25, 0.3) is 10.0 Å². The summed E-state index contributed by atoms with van der Waals surface area (Å²) in [6.45, 7) is 6.63. The molecule has 0 radical (unpaired) electrons. The number of aromatic nitrogens is 2. The number of likely N-dealkylation sites (tertiary alicyclic amines) is 1. The van der Waals surface area contributed by atoms with Gasteiger partial charge in [0.05, 0.1) is 0 Å². The fraction of sp³-hybridized carbons (Fsp3) is 0.824. The van der Waals surface area contributed by atoms with Gasteiger partial charge in [0.1, 0.15) is 5.82 Å². The van der Waals surface area contributed by atoms with Crippen molar-refractivity contribution in [2.24, 2.45) is 13.0 Å². The van der Waals surface area contributed by atoms with E-state index in [-0.39, 0.29) is 5.03 Å². The first-order valence-corrected chi connectivity index (χ1v) is 10.6. The molecule has 2 fully saturated rings. The van der Waals surface area contributed by atoms with Gasteiger partial charge in [0.15, 0.2) is 5.03 Å². The van der Waals surface area contributed by atoms with Gasteiger partial charge in [-0.15, -0.1) is 0 Å². The minimum absolute atomic E-state index is 0.188. The van der Waals surface area contributed by atoms with Crippen molar-refractivity contribution in [2.75, 3.05) is 32.7 Å². The van der Waals surface area contributed by atoms with Gasteiger partial charge in [0, 0.05) is 32.9 Å². The first-order chi connectivity index (χ1) is 11.5. The predicted molar refractivity (Wildman–Crippen MR) is 94.3 cm³/mol. The van der Waals surface area contributed by atoms with E-state index < -0.39 is 10.0 Å². The second-order valence-electron chi connectivity index (χ2n) is 7.30. The lowest BCUT2D eigenvalue weighted by Gasteiger charge is -2.33. The number of rotatable bonds is 4. The number of piperidine rings is 1. The summed E-state index contributed by atoms with van der Waals surface area (Å²) >= 11 is 0. The Morgan fingerprint density at radius 3 is 2.25 bits per heavy atom. The molecule has 0 saturated carbocycles. The molecule has 3 rings (SSSR count). The standard InChI is InChI=1S/C17H30N4O2S/c1-15-18-17(14-19(15)2)24(22,23)21-11-7-16(8-12-21)13-20-9-5-3-4-6-10-20/h14,16H,3-13H2,1-2H3. The van der Waals surface area contributed by atoms with Crippen molar-refractivity contribution in [1.82, 2.24) is 18.8 Å². The Labute approximate surface area is 145 Å². The third-order valence-corrected chi connectivity index (χ3v) is 7.25. The maximum atomic E-state index is 12.7. The molecular formula is C17H30N4O2S. The lowest BCUT2D eigenvalue weighted by molar-refractivity contribution is 0.186. The topological polar surface area (TPSA) is 58.4 Å². The van der Waals surface area contributed by atoms with Gasteiger partial charge in [-0.2, -0.15) is 4.31 Å². The zero-order chi connectivity index (χ0) is 17.2. The molecule has 0 atom stereocenters. The molecule has 0 aliphatic carbocycles. The monoisotopic (exact) mass is 354 g/mol. The fourth-order valence-electron chi connectivity index (χ4n) is 3.80. The Balaban J connectivity index is 1.56. The number of sulfonamides is 1. The van der Waals surface area contributed by atoms with Gasteiger partial charge >= 0.3 is 0 Å². The second kappa shape index (κ2) is 7.54. The molecule has 24 heavy (non-hydrogen) atoms. The molecule has 6 nitrogen and oxygen atoms in total. The van der Waals surface area contributed by atoms with E-state index in [1.807, 2.05) is 14.0 Å². The van der Waals surface area contributed by atoms with E-state index in [9.17, 15) is 8.42 Å². The van der Waals surface area contributed by atoms with Crippen LogP contribution in [0.5, 0.6) is 0 Å². The Hall–Kier alpha value is -0.920. The summed E-state index contributed by atoms with van der Waals surface area (Å²) in [7, 11) is -1.61.